The fourth-order valence-electron chi connectivity index (χ4n) is 3.13. The van der Waals surface area contributed by atoms with Gasteiger partial charge in [-0.1, -0.05) is 0 Å². The Hall–Kier alpha value is -2.01. The number of amides is 1. The van der Waals surface area contributed by atoms with Crippen LogP contribution in [0.1, 0.15) is 54.6 Å². The van der Waals surface area contributed by atoms with Gasteiger partial charge < -0.3 is 10.4 Å². The number of carbonyl (C=O) groups is 1. The van der Waals surface area contributed by atoms with E-state index in [9.17, 15) is 9.90 Å². The van der Waals surface area contributed by atoms with Crippen molar-refractivity contribution < 1.29 is 9.90 Å². The maximum atomic E-state index is 12.2. The minimum atomic E-state index is -0.636. The molecular formula is C17H19N3O2. The summed E-state index contributed by atoms with van der Waals surface area (Å²) in [5.74, 6) is 0.460. The van der Waals surface area contributed by atoms with Crippen molar-refractivity contribution in [1.82, 2.24) is 15.3 Å². The highest BCUT2D eigenvalue weighted by Crippen LogP contribution is 2.39. The summed E-state index contributed by atoms with van der Waals surface area (Å²) < 4.78 is 0. The zero-order chi connectivity index (χ0) is 15.3. The largest absolute Gasteiger partial charge is 0.390 e. The fourth-order valence-corrected chi connectivity index (χ4v) is 3.13. The minimum Gasteiger partial charge on any atom is -0.390 e. The van der Waals surface area contributed by atoms with Crippen molar-refractivity contribution in [3.8, 4) is 0 Å². The first-order valence-corrected chi connectivity index (χ1v) is 7.80. The van der Waals surface area contributed by atoms with E-state index in [0.717, 1.165) is 11.1 Å². The van der Waals surface area contributed by atoms with Crippen LogP contribution >= 0.6 is 0 Å². The third-order valence-electron chi connectivity index (χ3n) is 4.53. The van der Waals surface area contributed by atoms with Gasteiger partial charge in [0.1, 0.15) is 0 Å². The molecule has 22 heavy (non-hydrogen) atoms. The molecule has 114 valence electrons. The zero-order valence-corrected chi connectivity index (χ0v) is 12.5. The minimum absolute atomic E-state index is 0.0496. The molecule has 0 bridgehead atoms. The standard InChI is InChI=1S/C17H19N3O2/c1-17(22)7-13(8-17)19-16(21)12-6-11-4-5-14(10-2-3-10)20-15(11)18-9-12/h4-6,9-10,13,22H,2-3,7-8H2,1H3,(H,19,21)/t13-,17-. The molecule has 5 heteroatoms. The first-order chi connectivity index (χ1) is 10.5. The predicted octanol–water partition coefficient (Wildman–Crippen LogP) is 2.15. The molecule has 0 unspecified atom stereocenters. The Morgan fingerprint density at radius 3 is 2.82 bits per heavy atom. The van der Waals surface area contributed by atoms with Gasteiger partial charge in [0.25, 0.3) is 5.91 Å². The van der Waals surface area contributed by atoms with E-state index in [-0.39, 0.29) is 11.9 Å². The third kappa shape index (κ3) is 2.57. The average molecular weight is 297 g/mol. The van der Waals surface area contributed by atoms with E-state index in [1.807, 2.05) is 18.2 Å². The molecule has 0 aliphatic heterocycles. The lowest BCUT2D eigenvalue weighted by molar-refractivity contribution is -0.0366. The smallest absolute Gasteiger partial charge is 0.253 e. The maximum Gasteiger partial charge on any atom is 0.253 e. The molecule has 2 aromatic heterocycles. The molecule has 2 aliphatic rings. The molecule has 2 fully saturated rings. The highest BCUT2D eigenvalue weighted by atomic mass is 16.3. The van der Waals surface area contributed by atoms with Crippen molar-refractivity contribution in [3.05, 3.63) is 35.7 Å². The monoisotopic (exact) mass is 297 g/mol. The normalized spacial score (nSPS) is 27.5. The molecule has 2 N–H and O–H groups in total. The highest BCUT2D eigenvalue weighted by molar-refractivity contribution is 5.97. The number of fused-ring (bicyclic) bond motifs is 1. The Morgan fingerprint density at radius 2 is 2.14 bits per heavy atom. The van der Waals surface area contributed by atoms with Crippen LogP contribution < -0.4 is 5.32 Å². The molecule has 2 aliphatic carbocycles. The summed E-state index contributed by atoms with van der Waals surface area (Å²) in [4.78, 5) is 21.1. The van der Waals surface area contributed by atoms with E-state index in [4.69, 9.17) is 0 Å². The van der Waals surface area contributed by atoms with Crippen LogP contribution in [0, 0.1) is 0 Å². The number of carbonyl (C=O) groups excluding carboxylic acids is 1. The van der Waals surface area contributed by atoms with Crippen LogP contribution in [-0.4, -0.2) is 32.6 Å². The molecule has 0 radical (unpaired) electrons. The first-order valence-electron chi connectivity index (χ1n) is 7.80. The predicted molar refractivity (Wildman–Crippen MR) is 82.6 cm³/mol. The summed E-state index contributed by atoms with van der Waals surface area (Å²) >= 11 is 0. The van der Waals surface area contributed by atoms with Crippen LogP contribution in [0.4, 0.5) is 0 Å². The Balaban J connectivity index is 1.52. The van der Waals surface area contributed by atoms with Crippen LogP contribution in [0.25, 0.3) is 11.0 Å². The molecule has 0 spiro atoms. The van der Waals surface area contributed by atoms with Gasteiger partial charge in [0.15, 0.2) is 5.65 Å². The maximum absolute atomic E-state index is 12.2. The Kier molecular flexibility index (Phi) is 2.94. The summed E-state index contributed by atoms with van der Waals surface area (Å²) in [5.41, 5.74) is 1.71. The number of aliphatic hydroxyl groups is 1. The topological polar surface area (TPSA) is 75.1 Å². The number of rotatable bonds is 3. The van der Waals surface area contributed by atoms with Crippen molar-refractivity contribution >= 4 is 16.9 Å². The summed E-state index contributed by atoms with van der Waals surface area (Å²) in [7, 11) is 0. The first kappa shape index (κ1) is 13.6. The number of nitrogens with zero attached hydrogens (tertiary/aromatic N) is 2. The summed E-state index contributed by atoms with van der Waals surface area (Å²) in [6.07, 6.45) is 5.21. The van der Waals surface area contributed by atoms with Crippen LogP contribution in [0.2, 0.25) is 0 Å². The molecule has 4 rings (SSSR count). The molecule has 0 aromatic carbocycles. The summed E-state index contributed by atoms with van der Waals surface area (Å²) in [5, 5.41) is 13.5. The van der Waals surface area contributed by atoms with Crippen molar-refractivity contribution in [1.29, 1.82) is 0 Å². The van der Waals surface area contributed by atoms with Crippen molar-refractivity contribution in [3.63, 3.8) is 0 Å². The quantitative estimate of drug-likeness (QED) is 0.910. The highest BCUT2D eigenvalue weighted by Gasteiger charge is 2.39. The molecule has 1 amide bonds. The second-order valence-electron chi connectivity index (χ2n) is 6.86. The number of nitrogens with one attached hydrogen (secondary N) is 1. The number of hydrogen-bond acceptors (Lipinski definition) is 4. The van der Waals surface area contributed by atoms with Gasteiger partial charge in [0, 0.05) is 29.2 Å². The fraction of sp³-hybridized carbons (Fsp3) is 0.471. The van der Waals surface area contributed by atoms with Gasteiger partial charge in [0.05, 0.1) is 11.2 Å². The molecule has 2 aromatic rings. The van der Waals surface area contributed by atoms with Crippen molar-refractivity contribution in [2.75, 3.05) is 0 Å². The molecular weight excluding hydrogens is 278 g/mol. The van der Waals surface area contributed by atoms with Gasteiger partial charge in [-0.3, -0.25) is 4.79 Å². The Bertz CT molecular complexity index is 745. The second-order valence-corrected chi connectivity index (χ2v) is 6.86. The molecule has 0 saturated heterocycles. The van der Waals surface area contributed by atoms with Gasteiger partial charge in [-0.2, -0.15) is 0 Å². The second kappa shape index (κ2) is 4.74. The number of aromatic nitrogens is 2. The van der Waals surface area contributed by atoms with Gasteiger partial charge >= 0.3 is 0 Å². The van der Waals surface area contributed by atoms with Gasteiger partial charge in [0.2, 0.25) is 0 Å². The van der Waals surface area contributed by atoms with Crippen LogP contribution in [-0.2, 0) is 0 Å². The van der Waals surface area contributed by atoms with Crippen LogP contribution in [0.5, 0.6) is 0 Å². The van der Waals surface area contributed by atoms with E-state index in [1.54, 1.807) is 13.1 Å². The van der Waals surface area contributed by atoms with Crippen LogP contribution in [0.3, 0.4) is 0 Å². The van der Waals surface area contributed by atoms with Crippen molar-refractivity contribution in [2.45, 2.75) is 50.2 Å². The van der Waals surface area contributed by atoms with Crippen LogP contribution in [0.15, 0.2) is 24.4 Å². The molecule has 2 saturated carbocycles. The molecule has 2 heterocycles. The lowest BCUT2D eigenvalue weighted by atomic mass is 9.77. The summed E-state index contributed by atoms with van der Waals surface area (Å²) in [6, 6.07) is 5.91. The Morgan fingerprint density at radius 1 is 1.36 bits per heavy atom. The number of hydrogen-bond donors (Lipinski definition) is 2. The Labute approximate surface area is 128 Å². The van der Waals surface area contributed by atoms with E-state index in [0.29, 0.717) is 30.0 Å². The van der Waals surface area contributed by atoms with Gasteiger partial charge in [-0.25, -0.2) is 9.97 Å². The lowest BCUT2D eigenvalue weighted by Gasteiger charge is -2.41. The number of pyridine rings is 2. The lowest BCUT2D eigenvalue weighted by Crippen LogP contribution is -2.53. The molecule has 5 nitrogen and oxygen atoms in total. The van der Waals surface area contributed by atoms with E-state index >= 15 is 0 Å². The summed E-state index contributed by atoms with van der Waals surface area (Å²) in [6.45, 7) is 1.79. The van der Waals surface area contributed by atoms with E-state index in [2.05, 4.69) is 15.3 Å². The zero-order valence-electron chi connectivity index (χ0n) is 12.5. The van der Waals surface area contributed by atoms with Gasteiger partial charge in [-0.05, 0) is 50.8 Å². The molecule has 0 atom stereocenters. The average Bonchev–Trinajstić information content (AvgIpc) is 3.28. The third-order valence-corrected chi connectivity index (χ3v) is 4.53. The van der Waals surface area contributed by atoms with Crippen molar-refractivity contribution in [2.24, 2.45) is 0 Å². The SMILES string of the molecule is C[C@]1(O)C[C@H](NC(=O)c2cnc3nc(C4CC4)ccc3c2)C1. The van der Waals surface area contributed by atoms with E-state index in [1.165, 1.54) is 12.8 Å². The van der Waals surface area contributed by atoms with E-state index < -0.39 is 5.60 Å². The van der Waals surface area contributed by atoms with Gasteiger partial charge in [-0.15, -0.1) is 0 Å².